The topological polar surface area (TPSA) is 61.8 Å². The Morgan fingerprint density at radius 1 is 1.06 bits per heavy atom. The van der Waals surface area contributed by atoms with E-state index in [-0.39, 0.29) is 10.5 Å². The number of hydrogen-bond acceptors (Lipinski definition) is 4. The molecule has 0 aromatic heterocycles. The predicted molar refractivity (Wildman–Crippen MR) is 148 cm³/mol. The zero-order valence-electron chi connectivity index (χ0n) is 22.2. The van der Waals surface area contributed by atoms with Crippen LogP contribution in [0.25, 0.3) is 0 Å². The maximum Gasteiger partial charge on any atom is 0.278 e. The first-order chi connectivity index (χ1) is 16.2. The van der Waals surface area contributed by atoms with Gasteiger partial charge in [-0.1, -0.05) is 83.2 Å². The summed E-state index contributed by atoms with van der Waals surface area (Å²) < 4.78 is 23.0. The molecule has 1 amide bonds. The summed E-state index contributed by atoms with van der Waals surface area (Å²) in [5.74, 6) is 2.96. The minimum Gasteiger partial charge on any atom is -0.616 e. The Kier molecular flexibility index (Phi) is 15.8. The molecule has 7 heteroatoms. The largest absolute Gasteiger partial charge is 0.616 e. The van der Waals surface area contributed by atoms with Crippen LogP contribution in [0, 0.1) is 5.92 Å². The Morgan fingerprint density at radius 2 is 1.71 bits per heavy atom. The van der Waals surface area contributed by atoms with Crippen LogP contribution >= 0.6 is 12.6 Å². The summed E-state index contributed by atoms with van der Waals surface area (Å²) in [7, 11) is 0. The van der Waals surface area contributed by atoms with E-state index in [2.05, 4.69) is 54.2 Å². The number of amides is 1. The fraction of sp³-hybridized carbons (Fsp3) is 0.741. The van der Waals surface area contributed by atoms with Crippen LogP contribution in [0.5, 0.6) is 11.5 Å². The molecule has 0 bridgehead atoms. The number of hydrogen-bond donors (Lipinski definition) is 1. The SMILES string of the molecule is CCC(C)N(CC(C)C)C(=O)S.CCCCCCCC[S+]([O-])C(C)Cc1ccc2c(c1)OCO2. The van der Waals surface area contributed by atoms with Crippen molar-refractivity contribution >= 4 is 29.0 Å². The predicted octanol–water partition coefficient (Wildman–Crippen LogP) is 7.25. The minimum atomic E-state index is -0.743. The number of ether oxygens (including phenoxy) is 2. The summed E-state index contributed by atoms with van der Waals surface area (Å²) in [6.07, 6.45) is 9.31. The van der Waals surface area contributed by atoms with Gasteiger partial charge in [-0.15, -0.1) is 0 Å². The number of carbonyl (C=O) groups is 1. The molecule has 0 spiro atoms. The van der Waals surface area contributed by atoms with Gasteiger partial charge in [-0.25, -0.2) is 0 Å². The Bertz CT molecular complexity index is 701. The molecule has 196 valence electrons. The summed E-state index contributed by atoms with van der Waals surface area (Å²) in [5.41, 5.74) is 1.17. The van der Waals surface area contributed by atoms with E-state index in [1.54, 1.807) is 0 Å². The highest BCUT2D eigenvalue weighted by Crippen LogP contribution is 2.33. The number of nitrogens with zero attached hydrogens (tertiary/aromatic N) is 1. The van der Waals surface area contributed by atoms with Crippen LogP contribution < -0.4 is 9.47 Å². The highest BCUT2D eigenvalue weighted by Gasteiger charge is 2.20. The van der Waals surface area contributed by atoms with Gasteiger partial charge in [0.1, 0.15) is 11.0 Å². The van der Waals surface area contributed by atoms with Crippen LogP contribution in [0.3, 0.4) is 0 Å². The second kappa shape index (κ2) is 17.4. The van der Waals surface area contributed by atoms with Gasteiger partial charge in [-0.05, 0) is 56.7 Å². The summed E-state index contributed by atoms with van der Waals surface area (Å²) in [6.45, 7) is 13.8. The zero-order valence-corrected chi connectivity index (χ0v) is 23.9. The van der Waals surface area contributed by atoms with Gasteiger partial charge in [0.2, 0.25) is 6.79 Å². The second-order valence-corrected chi connectivity index (χ2v) is 12.0. The lowest BCUT2D eigenvalue weighted by molar-refractivity contribution is 0.174. The van der Waals surface area contributed by atoms with Crippen LogP contribution in [-0.4, -0.2) is 45.1 Å². The zero-order chi connectivity index (χ0) is 25.5. The molecule has 1 aliphatic heterocycles. The minimum absolute atomic E-state index is 0.113. The third-order valence-corrected chi connectivity index (χ3v) is 8.05. The highest BCUT2D eigenvalue weighted by molar-refractivity contribution is 7.96. The van der Waals surface area contributed by atoms with E-state index in [4.69, 9.17) is 9.47 Å². The number of carbonyl (C=O) groups excluding carboxylic acids is 1. The Morgan fingerprint density at radius 3 is 2.32 bits per heavy atom. The van der Waals surface area contributed by atoms with Crippen LogP contribution in [-0.2, 0) is 17.6 Å². The lowest BCUT2D eigenvalue weighted by atomic mass is 10.1. The molecule has 5 nitrogen and oxygen atoms in total. The fourth-order valence-electron chi connectivity index (χ4n) is 3.78. The van der Waals surface area contributed by atoms with Crippen molar-refractivity contribution in [3.8, 4) is 11.5 Å². The first-order valence-electron chi connectivity index (χ1n) is 12.9. The van der Waals surface area contributed by atoms with Crippen molar-refractivity contribution in [3.63, 3.8) is 0 Å². The van der Waals surface area contributed by atoms with Crippen molar-refractivity contribution in [2.45, 2.75) is 104 Å². The van der Waals surface area contributed by atoms with E-state index in [1.165, 1.54) is 37.7 Å². The molecule has 0 radical (unpaired) electrons. The van der Waals surface area contributed by atoms with E-state index < -0.39 is 11.2 Å². The third kappa shape index (κ3) is 12.1. The molecule has 1 heterocycles. The normalized spacial score (nSPS) is 14.9. The molecule has 0 saturated carbocycles. The Balaban J connectivity index is 0.000000411. The number of fused-ring (bicyclic) bond motifs is 1. The van der Waals surface area contributed by atoms with Gasteiger partial charge in [-0.2, -0.15) is 0 Å². The maximum atomic E-state index is 12.3. The first-order valence-corrected chi connectivity index (χ1v) is 14.8. The van der Waals surface area contributed by atoms with Crippen molar-refractivity contribution in [1.82, 2.24) is 4.90 Å². The van der Waals surface area contributed by atoms with Gasteiger partial charge in [0.25, 0.3) is 5.24 Å². The van der Waals surface area contributed by atoms with Crippen molar-refractivity contribution in [3.05, 3.63) is 23.8 Å². The fourth-order valence-corrected chi connectivity index (χ4v) is 5.33. The summed E-state index contributed by atoms with van der Waals surface area (Å²) in [5, 5.41) is 0.0778. The second-order valence-electron chi connectivity index (χ2n) is 9.64. The van der Waals surface area contributed by atoms with Crippen LogP contribution in [0.15, 0.2) is 18.2 Å². The molecule has 2 rings (SSSR count). The van der Waals surface area contributed by atoms with E-state index in [0.29, 0.717) is 18.8 Å². The average Bonchev–Trinajstić information content (AvgIpc) is 3.27. The third-order valence-electron chi connectivity index (χ3n) is 6.04. The molecule has 3 unspecified atom stereocenters. The van der Waals surface area contributed by atoms with Gasteiger partial charge in [0.05, 0.1) is 0 Å². The van der Waals surface area contributed by atoms with Crippen molar-refractivity contribution in [1.29, 1.82) is 0 Å². The highest BCUT2D eigenvalue weighted by atomic mass is 32.2. The number of unbranched alkanes of at least 4 members (excludes halogenated alkanes) is 5. The lowest BCUT2D eigenvalue weighted by Gasteiger charge is -2.28. The van der Waals surface area contributed by atoms with Crippen molar-refractivity contribution < 1.29 is 18.8 Å². The van der Waals surface area contributed by atoms with E-state index >= 15 is 0 Å². The summed E-state index contributed by atoms with van der Waals surface area (Å²) in [4.78, 5) is 12.9. The van der Waals surface area contributed by atoms with Gasteiger partial charge in [-0.3, -0.25) is 4.79 Å². The van der Waals surface area contributed by atoms with Gasteiger partial charge in [0, 0.05) is 19.0 Å². The lowest BCUT2D eigenvalue weighted by Crippen LogP contribution is -2.37. The standard InChI is InChI=1S/C18H28O3S.C9H19NOS/c1-3-4-5-6-7-8-11-22(19)15(2)12-16-9-10-17-18(13-16)21-14-20-17;1-5-8(4)10(9(11)12)6-7(2)3/h9-10,13,15H,3-8,11-12,14H2,1-2H3;7-8H,5-6H2,1-4H3,(H,11,12). The Labute approximate surface area is 216 Å². The van der Waals surface area contributed by atoms with Crippen molar-refractivity contribution in [2.24, 2.45) is 5.92 Å². The average molecular weight is 514 g/mol. The van der Waals surface area contributed by atoms with E-state index in [0.717, 1.165) is 43.1 Å². The van der Waals surface area contributed by atoms with Gasteiger partial charge < -0.3 is 18.9 Å². The molecule has 0 saturated heterocycles. The first kappa shape index (κ1) is 31.0. The van der Waals surface area contributed by atoms with E-state index in [9.17, 15) is 9.35 Å². The molecule has 0 N–H and O–H groups in total. The smallest absolute Gasteiger partial charge is 0.278 e. The monoisotopic (exact) mass is 513 g/mol. The van der Waals surface area contributed by atoms with Crippen molar-refractivity contribution in [2.75, 3.05) is 19.1 Å². The molecule has 3 atom stereocenters. The molecule has 0 fully saturated rings. The maximum absolute atomic E-state index is 12.3. The van der Waals surface area contributed by atoms with Gasteiger partial charge >= 0.3 is 0 Å². The van der Waals surface area contributed by atoms with Crippen LogP contribution in [0.2, 0.25) is 0 Å². The molecule has 0 aliphatic carbocycles. The summed E-state index contributed by atoms with van der Waals surface area (Å²) in [6, 6.07) is 6.31. The number of rotatable bonds is 14. The van der Waals surface area contributed by atoms with E-state index in [1.807, 2.05) is 23.1 Å². The molecular formula is C27H47NO4S2. The van der Waals surface area contributed by atoms with Gasteiger partial charge in [0.15, 0.2) is 11.5 Å². The van der Waals surface area contributed by atoms with Crippen LogP contribution in [0.1, 0.15) is 92.1 Å². The molecule has 1 aromatic carbocycles. The van der Waals surface area contributed by atoms with Crippen LogP contribution in [0.4, 0.5) is 4.79 Å². The number of benzene rings is 1. The number of thiol groups is 1. The molecule has 34 heavy (non-hydrogen) atoms. The summed E-state index contributed by atoms with van der Waals surface area (Å²) >= 11 is 3.11. The molecular weight excluding hydrogens is 466 g/mol. The molecule has 1 aliphatic rings. The Hall–Kier alpha value is -1.05. The molecule has 1 aromatic rings. The quantitative estimate of drug-likeness (QED) is 0.162.